The fourth-order valence-electron chi connectivity index (χ4n) is 2.34. The third-order valence-corrected chi connectivity index (χ3v) is 3.45. The number of alkyl halides is 3. The Hall–Kier alpha value is -1.51. The number of urea groups is 1. The number of ether oxygens (including phenoxy) is 1. The molecule has 1 saturated heterocycles. The van der Waals surface area contributed by atoms with Gasteiger partial charge in [-0.05, 0) is 19.8 Å². The van der Waals surface area contributed by atoms with Gasteiger partial charge in [0.25, 0.3) is 0 Å². The number of carbonyl (C=O) groups excluding carboxylic acids is 1. The first kappa shape index (κ1) is 15.9. The van der Waals surface area contributed by atoms with Gasteiger partial charge in [0.05, 0.1) is 13.1 Å². The van der Waals surface area contributed by atoms with E-state index >= 15 is 0 Å². The summed E-state index contributed by atoms with van der Waals surface area (Å²) in [6.45, 7) is 0.0818. The van der Waals surface area contributed by atoms with Gasteiger partial charge in [-0.3, -0.25) is 0 Å². The molecule has 1 saturated carbocycles. The molecule has 2 fully saturated rings. The van der Waals surface area contributed by atoms with Crippen molar-refractivity contribution >= 4 is 12.0 Å². The fourth-order valence-corrected chi connectivity index (χ4v) is 2.34. The summed E-state index contributed by atoms with van der Waals surface area (Å²) in [5.74, 6) is -1.13. The summed E-state index contributed by atoms with van der Waals surface area (Å²) in [6.07, 6.45) is -3.25. The van der Waals surface area contributed by atoms with E-state index in [1.807, 2.05) is 0 Å². The lowest BCUT2D eigenvalue weighted by Crippen LogP contribution is -2.66. The predicted octanol–water partition coefficient (Wildman–Crippen LogP) is 1.31. The molecule has 0 aromatic carbocycles. The minimum atomic E-state index is -4.42. The monoisotopic (exact) mass is 310 g/mol. The van der Waals surface area contributed by atoms with Crippen molar-refractivity contribution in [1.29, 1.82) is 0 Å². The molecule has 0 unspecified atom stereocenters. The maximum absolute atomic E-state index is 12.5. The summed E-state index contributed by atoms with van der Waals surface area (Å²) < 4.78 is 42.6. The summed E-state index contributed by atoms with van der Waals surface area (Å²) in [7, 11) is 0. The van der Waals surface area contributed by atoms with Crippen LogP contribution < -0.4 is 0 Å². The lowest BCUT2D eigenvalue weighted by Gasteiger charge is -2.48. The molecule has 21 heavy (non-hydrogen) atoms. The van der Waals surface area contributed by atoms with E-state index < -0.39 is 36.9 Å². The molecular formula is C12H17F3N2O4. The van der Waals surface area contributed by atoms with Crippen molar-refractivity contribution in [2.75, 3.05) is 26.2 Å². The van der Waals surface area contributed by atoms with Gasteiger partial charge in [-0.2, -0.15) is 13.2 Å². The molecule has 2 rings (SSSR count). The van der Waals surface area contributed by atoms with Crippen molar-refractivity contribution in [3.63, 3.8) is 0 Å². The fraction of sp³-hybridized carbons (Fsp3) is 0.833. The van der Waals surface area contributed by atoms with Crippen LogP contribution in [0, 0.1) is 0 Å². The van der Waals surface area contributed by atoms with Crippen molar-refractivity contribution < 1.29 is 32.6 Å². The zero-order valence-electron chi connectivity index (χ0n) is 11.5. The minimum absolute atomic E-state index is 0.0974. The van der Waals surface area contributed by atoms with E-state index in [0.717, 1.165) is 4.90 Å². The average molecular weight is 310 g/mol. The molecule has 2 aliphatic rings. The lowest BCUT2D eigenvalue weighted by atomic mass is 9.97. The Labute approximate surface area is 119 Å². The van der Waals surface area contributed by atoms with Gasteiger partial charge >= 0.3 is 18.2 Å². The molecule has 1 N–H and O–H groups in total. The maximum Gasteiger partial charge on any atom is 0.406 e. The van der Waals surface area contributed by atoms with Gasteiger partial charge in [0.15, 0.2) is 0 Å². The summed E-state index contributed by atoms with van der Waals surface area (Å²) >= 11 is 0. The lowest BCUT2D eigenvalue weighted by molar-refractivity contribution is -0.163. The third-order valence-electron chi connectivity index (χ3n) is 3.45. The van der Waals surface area contributed by atoms with Crippen molar-refractivity contribution in [3.05, 3.63) is 0 Å². The van der Waals surface area contributed by atoms with E-state index in [2.05, 4.69) is 0 Å². The highest BCUT2D eigenvalue weighted by atomic mass is 19.4. The SMILES string of the molecule is CC1(OCC(=O)O)CN(C(=O)N(CC(F)(F)F)C2CC2)C1. The molecule has 0 aromatic heterocycles. The molecule has 6 nitrogen and oxygen atoms in total. The van der Waals surface area contributed by atoms with Crippen molar-refractivity contribution in [1.82, 2.24) is 9.80 Å². The largest absolute Gasteiger partial charge is 0.480 e. The zero-order chi connectivity index (χ0) is 15.8. The number of carboxylic acid groups (broad SMARTS) is 1. The second-order valence-corrected chi connectivity index (χ2v) is 5.75. The van der Waals surface area contributed by atoms with Gasteiger partial charge in [-0.15, -0.1) is 0 Å². The zero-order valence-corrected chi connectivity index (χ0v) is 11.5. The number of carboxylic acids is 1. The van der Waals surface area contributed by atoms with Crippen molar-refractivity contribution in [3.8, 4) is 0 Å². The van der Waals surface area contributed by atoms with Crippen LogP contribution in [0.5, 0.6) is 0 Å². The first-order chi connectivity index (χ1) is 9.60. The molecule has 1 aliphatic carbocycles. The van der Waals surface area contributed by atoms with Crippen LogP contribution >= 0.6 is 0 Å². The number of rotatable bonds is 5. The molecule has 0 atom stereocenters. The first-order valence-corrected chi connectivity index (χ1v) is 6.58. The molecule has 9 heteroatoms. The Balaban J connectivity index is 1.87. The van der Waals surface area contributed by atoms with E-state index in [-0.39, 0.29) is 19.1 Å². The molecule has 0 radical (unpaired) electrons. The quantitative estimate of drug-likeness (QED) is 0.831. The third kappa shape index (κ3) is 4.23. The highest BCUT2D eigenvalue weighted by molar-refractivity contribution is 5.76. The number of hydrogen-bond donors (Lipinski definition) is 1. The Kier molecular flexibility index (Phi) is 4.05. The van der Waals surface area contributed by atoms with E-state index in [9.17, 15) is 22.8 Å². The Morgan fingerprint density at radius 3 is 2.38 bits per heavy atom. The minimum Gasteiger partial charge on any atom is -0.480 e. The van der Waals surface area contributed by atoms with Gasteiger partial charge in [0, 0.05) is 6.04 Å². The number of carbonyl (C=O) groups is 2. The van der Waals surface area contributed by atoms with E-state index in [0.29, 0.717) is 12.8 Å². The number of hydrogen-bond acceptors (Lipinski definition) is 3. The number of likely N-dealkylation sites (tertiary alicyclic amines) is 1. The smallest absolute Gasteiger partial charge is 0.406 e. The van der Waals surface area contributed by atoms with Crippen molar-refractivity contribution in [2.24, 2.45) is 0 Å². The average Bonchev–Trinajstić information content (AvgIpc) is 3.12. The standard InChI is InChI=1S/C12H17F3N2O4/c1-11(21-4-9(18)19)5-16(6-11)10(20)17(8-2-3-8)7-12(13,14)15/h8H,2-7H2,1H3,(H,18,19). The Morgan fingerprint density at radius 1 is 1.38 bits per heavy atom. The van der Waals surface area contributed by atoms with Crippen LogP contribution in [-0.2, 0) is 9.53 Å². The molecule has 120 valence electrons. The first-order valence-electron chi connectivity index (χ1n) is 6.58. The summed E-state index contributed by atoms with van der Waals surface area (Å²) in [5.41, 5.74) is -0.804. The van der Waals surface area contributed by atoms with Crippen molar-refractivity contribution in [2.45, 2.75) is 37.6 Å². The van der Waals surface area contributed by atoms with Crippen LogP contribution in [0.2, 0.25) is 0 Å². The predicted molar refractivity (Wildman–Crippen MR) is 64.7 cm³/mol. The molecule has 0 spiro atoms. The van der Waals surface area contributed by atoms with E-state index in [1.165, 1.54) is 4.90 Å². The van der Waals surface area contributed by atoms with E-state index in [1.54, 1.807) is 6.92 Å². The molecule has 0 aromatic rings. The number of aliphatic carboxylic acids is 1. The van der Waals surface area contributed by atoms with Gasteiger partial charge in [0.1, 0.15) is 18.8 Å². The second-order valence-electron chi connectivity index (χ2n) is 5.75. The van der Waals surface area contributed by atoms with Crippen LogP contribution in [0.4, 0.5) is 18.0 Å². The van der Waals surface area contributed by atoms with Crippen LogP contribution in [0.1, 0.15) is 19.8 Å². The second kappa shape index (κ2) is 5.36. The van der Waals surface area contributed by atoms with Gasteiger partial charge < -0.3 is 19.6 Å². The summed E-state index contributed by atoms with van der Waals surface area (Å²) in [6, 6.07) is -1.00. The molecule has 0 bridgehead atoms. The van der Waals surface area contributed by atoms with Gasteiger partial charge in [-0.25, -0.2) is 9.59 Å². The van der Waals surface area contributed by atoms with Gasteiger partial charge in [0.2, 0.25) is 0 Å². The Morgan fingerprint density at radius 2 is 1.95 bits per heavy atom. The van der Waals surface area contributed by atoms with Crippen LogP contribution in [0.25, 0.3) is 0 Å². The summed E-state index contributed by atoms with van der Waals surface area (Å²) in [5, 5.41) is 8.53. The topological polar surface area (TPSA) is 70.1 Å². The van der Waals surface area contributed by atoms with Crippen LogP contribution in [0.3, 0.4) is 0 Å². The highest BCUT2D eigenvalue weighted by Gasteiger charge is 2.48. The molecule has 1 heterocycles. The molecular weight excluding hydrogens is 293 g/mol. The number of amides is 2. The maximum atomic E-state index is 12.5. The van der Waals surface area contributed by atoms with Crippen LogP contribution in [-0.4, -0.2) is 71.0 Å². The number of nitrogens with zero attached hydrogens (tertiary/aromatic N) is 2. The van der Waals surface area contributed by atoms with Gasteiger partial charge in [-0.1, -0.05) is 0 Å². The van der Waals surface area contributed by atoms with E-state index in [4.69, 9.17) is 9.84 Å². The molecule has 2 amide bonds. The Bertz CT molecular complexity index is 431. The number of halogens is 3. The normalized spacial score (nSPS) is 20.9. The van der Waals surface area contributed by atoms with Crippen LogP contribution in [0.15, 0.2) is 0 Å². The molecule has 1 aliphatic heterocycles. The summed E-state index contributed by atoms with van der Waals surface area (Å²) in [4.78, 5) is 24.6. The highest BCUT2D eigenvalue weighted by Crippen LogP contribution is 2.33.